The molecule has 0 bridgehead atoms. The Hall–Kier alpha value is -2.62. The Labute approximate surface area is 129 Å². The third-order valence-electron chi connectivity index (χ3n) is 3.24. The number of aryl methyl sites for hydroxylation is 1. The zero-order valence-corrected chi connectivity index (χ0v) is 12.2. The maximum Gasteiger partial charge on any atom is 0.317 e. The standard InChI is InChI=1S/C18H18O4/c19-16-11-5-4-9-15(16)10-6-12-17(20)22-18(21)13-14-7-2-1-3-8-14/h1-5,7-9,11,19H,6,10,12-13H2. The Morgan fingerprint density at radius 3 is 2.32 bits per heavy atom. The number of esters is 2. The highest BCUT2D eigenvalue weighted by molar-refractivity contribution is 5.86. The Kier molecular flexibility index (Phi) is 5.72. The van der Waals surface area contributed by atoms with E-state index in [1.807, 2.05) is 36.4 Å². The van der Waals surface area contributed by atoms with Gasteiger partial charge in [-0.05, 0) is 30.0 Å². The van der Waals surface area contributed by atoms with Crippen LogP contribution in [0, 0.1) is 0 Å². The molecule has 0 aliphatic heterocycles. The molecule has 4 nitrogen and oxygen atoms in total. The molecule has 0 spiro atoms. The van der Waals surface area contributed by atoms with Crippen molar-refractivity contribution in [2.24, 2.45) is 0 Å². The molecule has 0 aliphatic rings. The molecule has 114 valence electrons. The fourth-order valence-corrected chi connectivity index (χ4v) is 2.12. The normalized spacial score (nSPS) is 10.2. The number of hydrogen-bond donors (Lipinski definition) is 1. The number of hydrogen-bond acceptors (Lipinski definition) is 4. The summed E-state index contributed by atoms with van der Waals surface area (Å²) in [4.78, 5) is 23.2. The summed E-state index contributed by atoms with van der Waals surface area (Å²) >= 11 is 0. The van der Waals surface area contributed by atoms with Gasteiger partial charge in [0.1, 0.15) is 5.75 Å². The predicted octanol–water partition coefficient (Wildman–Crippen LogP) is 3.03. The van der Waals surface area contributed by atoms with Crippen molar-refractivity contribution in [3.63, 3.8) is 0 Å². The van der Waals surface area contributed by atoms with E-state index in [1.54, 1.807) is 18.2 Å². The van der Waals surface area contributed by atoms with Crippen molar-refractivity contribution in [3.8, 4) is 5.75 Å². The maximum absolute atomic E-state index is 11.6. The first-order valence-electron chi connectivity index (χ1n) is 7.19. The van der Waals surface area contributed by atoms with Gasteiger partial charge in [-0.1, -0.05) is 48.5 Å². The molecular formula is C18H18O4. The fraction of sp³-hybridized carbons (Fsp3) is 0.222. The lowest BCUT2D eigenvalue weighted by Gasteiger charge is -2.05. The number of para-hydroxylation sites is 1. The lowest BCUT2D eigenvalue weighted by molar-refractivity contribution is -0.159. The number of phenolic OH excluding ortho intramolecular Hbond substituents is 1. The summed E-state index contributed by atoms with van der Waals surface area (Å²) in [6, 6.07) is 16.1. The van der Waals surface area contributed by atoms with Crippen LogP contribution in [0.3, 0.4) is 0 Å². The van der Waals surface area contributed by atoms with E-state index >= 15 is 0 Å². The third-order valence-corrected chi connectivity index (χ3v) is 3.24. The van der Waals surface area contributed by atoms with Gasteiger partial charge in [-0.3, -0.25) is 9.59 Å². The van der Waals surface area contributed by atoms with E-state index < -0.39 is 11.9 Å². The van der Waals surface area contributed by atoms with Crippen LogP contribution in [0.2, 0.25) is 0 Å². The van der Waals surface area contributed by atoms with E-state index in [4.69, 9.17) is 4.74 Å². The van der Waals surface area contributed by atoms with Crippen molar-refractivity contribution in [2.45, 2.75) is 25.7 Å². The highest BCUT2D eigenvalue weighted by atomic mass is 16.6. The first-order valence-corrected chi connectivity index (χ1v) is 7.19. The van der Waals surface area contributed by atoms with E-state index in [1.165, 1.54) is 0 Å². The van der Waals surface area contributed by atoms with Gasteiger partial charge >= 0.3 is 11.9 Å². The highest BCUT2D eigenvalue weighted by Crippen LogP contribution is 2.18. The summed E-state index contributed by atoms with van der Waals surface area (Å²) in [6.45, 7) is 0. The lowest BCUT2D eigenvalue weighted by Crippen LogP contribution is -2.14. The second-order valence-corrected chi connectivity index (χ2v) is 4.99. The zero-order valence-electron chi connectivity index (χ0n) is 12.2. The minimum atomic E-state index is -0.543. The van der Waals surface area contributed by atoms with Crippen LogP contribution >= 0.6 is 0 Å². The van der Waals surface area contributed by atoms with Crippen molar-refractivity contribution in [2.75, 3.05) is 0 Å². The van der Waals surface area contributed by atoms with Gasteiger partial charge in [-0.25, -0.2) is 0 Å². The Morgan fingerprint density at radius 2 is 1.59 bits per heavy atom. The fourth-order valence-electron chi connectivity index (χ4n) is 2.12. The predicted molar refractivity (Wildman–Crippen MR) is 82.3 cm³/mol. The molecule has 0 unspecified atom stereocenters. The van der Waals surface area contributed by atoms with Crippen molar-refractivity contribution < 1.29 is 19.4 Å². The van der Waals surface area contributed by atoms with E-state index in [-0.39, 0.29) is 18.6 Å². The van der Waals surface area contributed by atoms with Crippen LogP contribution < -0.4 is 0 Å². The molecule has 22 heavy (non-hydrogen) atoms. The number of carbonyl (C=O) groups is 2. The minimum Gasteiger partial charge on any atom is -0.508 e. The molecular weight excluding hydrogens is 280 g/mol. The van der Waals surface area contributed by atoms with Crippen molar-refractivity contribution in [3.05, 3.63) is 65.7 Å². The monoisotopic (exact) mass is 298 g/mol. The van der Waals surface area contributed by atoms with Crippen LogP contribution in [-0.4, -0.2) is 17.0 Å². The largest absolute Gasteiger partial charge is 0.508 e. The molecule has 0 saturated heterocycles. The van der Waals surface area contributed by atoms with Gasteiger partial charge in [0.25, 0.3) is 0 Å². The Bertz CT molecular complexity index is 635. The second-order valence-electron chi connectivity index (χ2n) is 4.99. The van der Waals surface area contributed by atoms with E-state index in [2.05, 4.69) is 0 Å². The molecule has 1 N–H and O–H groups in total. The van der Waals surface area contributed by atoms with Gasteiger partial charge in [0.2, 0.25) is 0 Å². The quantitative estimate of drug-likeness (QED) is 0.657. The molecule has 0 fully saturated rings. The second kappa shape index (κ2) is 7.98. The van der Waals surface area contributed by atoms with Gasteiger partial charge in [0.15, 0.2) is 0 Å². The van der Waals surface area contributed by atoms with Gasteiger partial charge < -0.3 is 9.84 Å². The third kappa shape index (κ3) is 5.05. The lowest BCUT2D eigenvalue weighted by atomic mass is 10.1. The average Bonchev–Trinajstić information content (AvgIpc) is 2.50. The molecule has 0 atom stereocenters. The SMILES string of the molecule is O=C(CCCc1ccccc1O)OC(=O)Cc1ccccc1. The zero-order chi connectivity index (χ0) is 15.8. The average molecular weight is 298 g/mol. The smallest absolute Gasteiger partial charge is 0.317 e. The molecule has 0 saturated carbocycles. The molecule has 0 heterocycles. The summed E-state index contributed by atoms with van der Waals surface area (Å²) in [5.41, 5.74) is 1.60. The molecule has 2 rings (SSSR count). The topological polar surface area (TPSA) is 63.6 Å². The van der Waals surface area contributed by atoms with Gasteiger partial charge in [0.05, 0.1) is 6.42 Å². The highest BCUT2D eigenvalue weighted by Gasteiger charge is 2.11. The van der Waals surface area contributed by atoms with Crippen LogP contribution in [-0.2, 0) is 27.2 Å². The number of ether oxygens (including phenoxy) is 1. The van der Waals surface area contributed by atoms with Gasteiger partial charge in [-0.15, -0.1) is 0 Å². The molecule has 0 aromatic heterocycles. The number of benzene rings is 2. The number of carbonyl (C=O) groups excluding carboxylic acids is 2. The van der Waals surface area contributed by atoms with E-state index in [9.17, 15) is 14.7 Å². The summed E-state index contributed by atoms with van der Waals surface area (Å²) in [7, 11) is 0. The molecule has 2 aromatic rings. The minimum absolute atomic E-state index is 0.0893. The Balaban J connectivity index is 1.72. The van der Waals surface area contributed by atoms with Gasteiger partial charge in [-0.2, -0.15) is 0 Å². The van der Waals surface area contributed by atoms with E-state index in [0.717, 1.165) is 11.1 Å². The summed E-state index contributed by atoms with van der Waals surface area (Å²) in [5.74, 6) is -0.855. The summed E-state index contributed by atoms with van der Waals surface area (Å²) in [5, 5.41) is 9.61. The van der Waals surface area contributed by atoms with Gasteiger partial charge in [0, 0.05) is 6.42 Å². The van der Waals surface area contributed by atoms with Crippen molar-refractivity contribution >= 4 is 11.9 Å². The van der Waals surface area contributed by atoms with E-state index in [0.29, 0.717) is 12.8 Å². The molecule has 0 radical (unpaired) electrons. The molecule has 0 aliphatic carbocycles. The van der Waals surface area contributed by atoms with Crippen molar-refractivity contribution in [1.82, 2.24) is 0 Å². The first-order chi connectivity index (χ1) is 10.6. The maximum atomic E-state index is 11.6. The molecule has 0 amide bonds. The molecule has 2 aromatic carbocycles. The van der Waals surface area contributed by atoms with Crippen LogP contribution in [0.4, 0.5) is 0 Å². The summed E-state index contributed by atoms with van der Waals surface area (Å²) in [6.07, 6.45) is 1.32. The first kappa shape index (κ1) is 15.8. The Morgan fingerprint density at radius 1 is 0.909 bits per heavy atom. The number of aromatic hydroxyl groups is 1. The van der Waals surface area contributed by atoms with Crippen molar-refractivity contribution in [1.29, 1.82) is 0 Å². The molecule has 4 heteroatoms. The van der Waals surface area contributed by atoms with Crippen LogP contribution in [0.15, 0.2) is 54.6 Å². The van der Waals surface area contributed by atoms with Crippen LogP contribution in [0.25, 0.3) is 0 Å². The number of rotatable bonds is 6. The van der Waals surface area contributed by atoms with Crippen LogP contribution in [0.5, 0.6) is 5.75 Å². The number of phenols is 1. The van der Waals surface area contributed by atoms with Crippen LogP contribution in [0.1, 0.15) is 24.0 Å². The summed E-state index contributed by atoms with van der Waals surface area (Å²) < 4.78 is 4.78.